The molecule has 2 aliphatic rings. The summed E-state index contributed by atoms with van der Waals surface area (Å²) in [4.78, 5) is 0. The van der Waals surface area contributed by atoms with Crippen LogP contribution in [0.4, 0.5) is 0 Å². The monoisotopic (exact) mass is 140 g/mol. The van der Waals surface area contributed by atoms with Crippen LogP contribution < -0.4 is 0 Å². The van der Waals surface area contributed by atoms with E-state index in [1.165, 1.54) is 32.1 Å². The Kier molecular flexibility index (Phi) is 1.69. The van der Waals surface area contributed by atoms with E-state index in [1.807, 2.05) is 0 Å². The van der Waals surface area contributed by atoms with Gasteiger partial charge >= 0.3 is 0 Å². The lowest BCUT2D eigenvalue weighted by atomic mass is 9.98. The van der Waals surface area contributed by atoms with Crippen LogP contribution in [0.3, 0.4) is 0 Å². The highest BCUT2D eigenvalue weighted by atomic mass is 16.3. The first-order valence-electron chi connectivity index (χ1n) is 4.54. The summed E-state index contributed by atoms with van der Waals surface area (Å²) in [5.41, 5.74) is 0. The molecule has 1 heteroatoms. The van der Waals surface area contributed by atoms with Gasteiger partial charge in [-0.05, 0) is 31.1 Å². The second kappa shape index (κ2) is 2.54. The summed E-state index contributed by atoms with van der Waals surface area (Å²) in [6, 6.07) is 0. The maximum atomic E-state index is 9.58. The van der Waals surface area contributed by atoms with Crippen molar-refractivity contribution in [1.29, 1.82) is 0 Å². The summed E-state index contributed by atoms with van der Waals surface area (Å²) in [5.74, 6) is 1.65. The molecule has 10 heavy (non-hydrogen) atoms. The molecule has 1 nitrogen and oxygen atoms in total. The van der Waals surface area contributed by atoms with E-state index in [1.54, 1.807) is 0 Å². The highest BCUT2D eigenvalue weighted by molar-refractivity contribution is 4.83. The zero-order valence-corrected chi connectivity index (χ0v) is 6.42. The quantitative estimate of drug-likeness (QED) is 0.545. The summed E-state index contributed by atoms with van der Waals surface area (Å²) in [7, 11) is 0. The van der Waals surface area contributed by atoms with Crippen LogP contribution in [0.2, 0.25) is 0 Å². The Labute approximate surface area is 62.4 Å². The van der Waals surface area contributed by atoms with Gasteiger partial charge in [0.15, 0.2) is 0 Å². The van der Waals surface area contributed by atoms with Crippen LogP contribution in [0.15, 0.2) is 0 Å². The molecule has 0 saturated heterocycles. The Balaban J connectivity index is 2.03. The summed E-state index contributed by atoms with van der Waals surface area (Å²) in [6.07, 6.45) is 7.78. The summed E-state index contributed by atoms with van der Waals surface area (Å²) < 4.78 is 0. The Morgan fingerprint density at radius 2 is 1.90 bits per heavy atom. The second-order valence-corrected chi connectivity index (χ2v) is 3.94. The Hall–Kier alpha value is -0.0400. The molecule has 2 rings (SSSR count). The van der Waals surface area contributed by atoms with Crippen LogP contribution in [0, 0.1) is 11.8 Å². The fraction of sp³-hybridized carbons (Fsp3) is 1.00. The minimum Gasteiger partial charge on any atom is -0.393 e. The van der Waals surface area contributed by atoms with Gasteiger partial charge in [0.1, 0.15) is 0 Å². The van der Waals surface area contributed by atoms with Crippen molar-refractivity contribution in [2.75, 3.05) is 0 Å². The molecule has 0 spiro atoms. The molecule has 2 fully saturated rings. The summed E-state index contributed by atoms with van der Waals surface area (Å²) in [6.45, 7) is 0. The zero-order valence-electron chi connectivity index (χ0n) is 6.42. The molecule has 1 N–H and O–H groups in total. The average molecular weight is 140 g/mol. The number of fused-ring (bicyclic) bond motifs is 2. The van der Waals surface area contributed by atoms with E-state index < -0.39 is 0 Å². The lowest BCUT2D eigenvalue weighted by Crippen LogP contribution is -2.15. The third kappa shape index (κ3) is 1.07. The molecular weight excluding hydrogens is 124 g/mol. The number of rotatable bonds is 0. The van der Waals surface area contributed by atoms with E-state index in [-0.39, 0.29) is 6.10 Å². The first-order valence-corrected chi connectivity index (χ1v) is 4.54. The SMILES string of the molecule is O[C@H]1CCC[C@H]2CC[C@H]1C2. The fourth-order valence-corrected chi connectivity index (χ4v) is 2.58. The molecule has 0 aromatic rings. The Bertz CT molecular complexity index is 122. The van der Waals surface area contributed by atoms with E-state index in [0.29, 0.717) is 5.92 Å². The lowest BCUT2D eigenvalue weighted by molar-refractivity contribution is 0.104. The molecule has 2 aliphatic carbocycles. The molecule has 0 amide bonds. The van der Waals surface area contributed by atoms with Gasteiger partial charge in [-0.25, -0.2) is 0 Å². The molecule has 0 radical (unpaired) electrons. The third-order valence-electron chi connectivity index (χ3n) is 3.24. The molecule has 3 atom stereocenters. The predicted molar refractivity (Wildman–Crippen MR) is 40.7 cm³/mol. The van der Waals surface area contributed by atoms with Crippen LogP contribution in [0.25, 0.3) is 0 Å². The Morgan fingerprint density at radius 1 is 1.00 bits per heavy atom. The largest absolute Gasteiger partial charge is 0.393 e. The van der Waals surface area contributed by atoms with Gasteiger partial charge in [-0.3, -0.25) is 0 Å². The van der Waals surface area contributed by atoms with Crippen LogP contribution in [-0.4, -0.2) is 11.2 Å². The van der Waals surface area contributed by atoms with Gasteiger partial charge in [0.2, 0.25) is 0 Å². The Morgan fingerprint density at radius 3 is 2.80 bits per heavy atom. The van der Waals surface area contributed by atoms with Gasteiger partial charge in [0.25, 0.3) is 0 Å². The van der Waals surface area contributed by atoms with Crippen LogP contribution in [0.1, 0.15) is 38.5 Å². The first-order chi connectivity index (χ1) is 4.86. The summed E-state index contributed by atoms with van der Waals surface area (Å²) in [5, 5.41) is 9.58. The van der Waals surface area contributed by atoms with Crippen molar-refractivity contribution >= 4 is 0 Å². The van der Waals surface area contributed by atoms with Gasteiger partial charge in [-0.15, -0.1) is 0 Å². The fourth-order valence-electron chi connectivity index (χ4n) is 2.58. The van der Waals surface area contributed by atoms with E-state index >= 15 is 0 Å². The highest BCUT2D eigenvalue weighted by Crippen LogP contribution is 2.40. The standard InChI is InChI=1S/C9H16O/c10-9-3-1-2-7-4-5-8(9)6-7/h7-10H,1-6H2/t7-,8-,9-/m0/s1. The van der Waals surface area contributed by atoms with Crippen LogP contribution in [-0.2, 0) is 0 Å². The second-order valence-electron chi connectivity index (χ2n) is 3.94. The molecule has 0 aromatic heterocycles. The van der Waals surface area contributed by atoms with E-state index in [2.05, 4.69) is 0 Å². The van der Waals surface area contributed by atoms with E-state index in [4.69, 9.17) is 0 Å². The lowest BCUT2D eigenvalue weighted by Gasteiger charge is -2.14. The summed E-state index contributed by atoms with van der Waals surface area (Å²) >= 11 is 0. The molecule has 0 heterocycles. The minimum atomic E-state index is 0.0486. The van der Waals surface area contributed by atoms with Crippen molar-refractivity contribution in [2.24, 2.45) is 11.8 Å². The number of hydrogen-bond acceptors (Lipinski definition) is 1. The van der Waals surface area contributed by atoms with Gasteiger partial charge in [-0.2, -0.15) is 0 Å². The third-order valence-corrected chi connectivity index (χ3v) is 3.24. The van der Waals surface area contributed by atoms with Crippen molar-refractivity contribution in [3.8, 4) is 0 Å². The van der Waals surface area contributed by atoms with Gasteiger partial charge in [0, 0.05) is 0 Å². The topological polar surface area (TPSA) is 20.2 Å². The maximum Gasteiger partial charge on any atom is 0.0568 e. The molecular formula is C9H16O. The van der Waals surface area contributed by atoms with Crippen molar-refractivity contribution in [3.05, 3.63) is 0 Å². The molecule has 58 valence electrons. The number of aliphatic hydroxyl groups is 1. The normalized spacial score (nSPS) is 47.1. The number of aliphatic hydroxyl groups excluding tert-OH is 1. The first kappa shape index (κ1) is 6.66. The molecule has 2 bridgehead atoms. The van der Waals surface area contributed by atoms with Crippen molar-refractivity contribution in [1.82, 2.24) is 0 Å². The van der Waals surface area contributed by atoms with Crippen LogP contribution >= 0.6 is 0 Å². The van der Waals surface area contributed by atoms with Crippen LogP contribution in [0.5, 0.6) is 0 Å². The van der Waals surface area contributed by atoms with E-state index in [0.717, 1.165) is 12.3 Å². The highest BCUT2D eigenvalue weighted by Gasteiger charge is 2.31. The maximum absolute atomic E-state index is 9.58. The van der Waals surface area contributed by atoms with Gasteiger partial charge < -0.3 is 5.11 Å². The molecule has 2 saturated carbocycles. The van der Waals surface area contributed by atoms with Crippen molar-refractivity contribution in [3.63, 3.8) is 0 Å². The van der Waals surface area contributed by atoms with E-state index in [9.17, 15) is 5.11 Å². The molecule has 0 aliphatic heterocycles. The number of hydrogen-bond donors (Lipinski definition) is 1. The zero-order chi connectivity index (χ0) is 6.97. The molecule has 0 aromatic carbocycles. The van der Waals surface area contributed by atoms with Gasteiger partial charge in [0.05, 0.1) is 6.10 Å². The van der Waals surface area contributed by atoms with Crippen molar-refractivity contribution < 1.29 is 5.11 Å². The van der Waals surface area contributed by atoms with Gasteiger partial charge in [-0.1, -0.05) is 19.3 Å². The van der Waals surface area contributed by atoms with Crippen molar-refractivity contribution in [2.45, 2.75) is 44.6 Å². The minimum absolute atomic E-state index is 0.0486. The molecule has 0 unspecified atom stereocenters. The average Bonchev–Trinajstić information content (AvgIpc) is 2.27. The predicted octanol–water partition coefficient (Wildman–Crippen LogP) is 1.95. The smallest absolute Gasteiger partial charge is 0.0568 e.